The zero-order valence-corrected chi connectivity index (χ0v) is 13.9. The van der Waals surface area contributed by atoms with Crippen molar-refractivity contribution in [3.05, 3.63) is 63.2 Å². The van der Waals surface area contributed by atoms with Gasteiger partial charge in [0.05, 0.1) is 26.9 Å². The number of carbonyl (C=O) groups excluding carboxylic acids is 1. The zero-order chi connectivity index (χ0) is 18.6. The Labute approximate surface area is 149 Å². The van der Waals surface area contributed by atoms with Gasteiger partial charge in [-0.2, -0.15) is 13.2 Å². The third-order valence-electron chi connectivity index (χ3n) is 2.99. The molecule has 0 aliphatic carbocycles. The molecule has 5 nitrogen and oxygen atoms in total. The molecular weight excluding hydrogens is 381 g/mol. The minimum Gasteiger partial charge on any atom is -0.325 e. The Kier molecular flexibility index (Phi) is 5.91. The summed E-state index contributed by atoms with van der Waals surface area (Å²) in [7, 11) is 0. The Morgan fingerprint density at radius 3 is 2.52 bits per heavy atom. The van der Waals surface area contributed by atoms with Crippen LogP contribution >= 0.6 is 23.4 Å². The lowest BCUT2D eigenvalue weighted by Crippen LogP contribution is -2.18. The first kappa shape index (κ1) is 19.1. The first-order valence-corrected chi connectivity index (χ1v) is 8.07. The monoisotopic (exact) mass is 390 g/mol. The lowest BCUT2D eigenvalue weighted by atomic mass is 10.1. The van der Waals surface area contributed by atoms with Gasteiger partial charge in [0.1, 0.15) is 0 Å². The van der Waals surface area contributed by atoms with Crippen molar-refractivity contribution >= 4 is 40.6 Å². The molecule has 0 spiro atoms. The molecule has 2 aromatic rings. The molecule has 0 unspecified atom stereocenters. The second kappa shape index (κ2) is 7.75. The van der Waals surface area contributed by atoms with Gasteiger partial charge in [0.2, 0.25) is 5.91 Å². The molecule has 0 atom stereocenters. The number of benzene rings is 2. The molecule has 2 rings (SSSR count). The number of nitrogens with one attached hydrogen (secondary N) is 1. The molecule has 10 heteroatoms. The van der Waals surface area contributed by atoms with Gasteiger partial charge < -0.3 is 5.32 Å². The molecule has 25 heavy (non-hydrogen) atoms. The fraction of sp³-hybridized carbons (Fsp3) is 0.133. The Balaban J connectivity index is 2.15. The third kappa shape index (κ3) is 5.10. The lowest BCUT2D eigenvalue weighted by molar-refractivity contribution is -0.385. The SMILES string of the molecule is O=C(CSc1ccccc1Cl)Nc1ccc([N+](=O)[O-])cc1C(F)(F)F. The van der Waals surface area contributed by atoms with Crippen LogP contribution in [0.25, 0.3) is 0 Å². The van der Waals surface area contributed by atoms with Crippen LogP contribution in [0.4, 0.5) is 24.5 Å². The number of non-ortho nitro benzene ring substituents is 1. The van der Waals surface area contributed by atoms with Crippen LogP contribution in [0, 0.1) is 10.1 Å². The van der Waals surface area contributed by atoms with Crippen LogP contribution in [0.15, 0.2) is 47.4 Å². The highest BCUT2D eigenvalue weighted by Gasteiger charge is 2.35. The van der Waals surface area contributed by atoms with Gasteiger partial charge in [-0.3, -0.25) is 14.9 Å². The van der Waals surface area contributed by atoms with Crippen molar-refractivity contribution in [3.63, 3.8) is 0 Å². The number of nitro groups is 1. The van der Waals surface area contributed by atoms with Crippen molar-refractivity contribution in [2.45, 2.75) is 11.1 Å². The number of hydrogen-bond donors (Lipinski definition) is 1. The van der Waals surface area contributed by atoms with E-state index in [1.165, 1.54) is 0 Å². The minimum absolute atomic E-state index is 0.169. The molecule has 0 bridgehead atoms. The molecule has 1 N–H and O–H groups in total. The molecule has 0 heterocycles. The highest BCUT2D eigenvalue weighted by atomic mass is 35.5. The van der Waals surface area contributed by atoms with Gasteiger partial charge in [0.25, 0.3) is 5.69 Å². The summed E-state index contributed by atoms with van der Waals surface area (Å²) in [5.74, 6) is -0.859. The predicted octanol–water partition coefficient (Wildman–Crippen LogP) is 5.00. The maximum absolute atomic E-state index is 13.0. The summed E-state index contributed by atoms with van der Waals surface area (Å²) in [5.41, 5.74) is -2.53. The second-order valence-electron chi connectivity index (χ2n) is 4.75. The van der Waals surface area contributed by atoms with Crippen LogP contribution in [0.3, 0.4) is 0 Å². The summed E-state index contributed by atoms with van der Waals surface area (Å²) in [6, 6.07) is 8.86. The fourth-order valence-corrected chi connectivity index (χ4v) is 2.92. The molecule has 0 aliphatic rings. The van der Waals surface area contributed by atoms with Gasteiger partial charge >= 0.3 is 6.18 Å². The summed E-state index contributed by atoms with van der Waals surface area (Å²) in [6.07, 6.45) is -4.84. The van der Waals surface area contributed by atoms with Crippen LogP contribution in [0.1, 0.15) is 5.56 Å². The summed E-state index contributed by atoms with van der Waals surface area (Å²) in [6.45, 7) is 0. The summed E-state index contributed by atoms with van der Waals surface area (Å²) < 4.78 is 39.1. The quantitative estimate of drug-likeness (QED) is 0.443. The van der Waals surface area contributed by atoms with E-state index < -0.39 is 33.9 Å². The Hall–Kier alpha value is -2.26. The van der Waals surface area contributed by atoms with E-state index in [1.54, 1.807) is 24.3 Å². The molecule has 132 valence electrons. The smallest absolute Gasteiger partial charge is 0.325 e. The summed E-state index contributed by atoms with van der Waals surface area (Å²) in [4.78, 5) is 22.2. The number of nitrogens with zero attached hydrogens (tertiary/aromatic N) is 1. The van der Waals surface area contributed by atoms with Crippen molar-refractivity contribution in [2.75, 3.05) is 11.1 Å². The number of thioether (sulfide) groups is 1. The van der Waals surface area contributed by atoms with Crippen molar-refractivity contribution in [2.24, 2.45) is 0 Å². The molecule has 0 fully saturated rings. The minimum atomic E-state index is -4.84. The molecule has 0 aromatic heterocycles. The van der Waals surface area contributed by atoms with Crippen molar-refractivity contribution in [1.82, 2.24) is 0 Å². The second-order valence-corrected chi connectivity index (χ2v) is 6.18. The molecule has 2 aromatic carbocycles. The number of amides is 1. The fourth-order valence-electron chi connectivity index (χ4n) is 1.88. The van der Waals surface area contributed by atoms with Gasteiger partial charge in [0.15, 0.2) is 0 Å². The highest BCUT2D eigenvalue weighted by molar-refractivity contribution is 8.00. The Bertz CT molecular complexity index is 815. The maximum atomic E-state index is 13.0. The standard InChI is InChI=1S/C15H10ClF3N2O3S/c16-11-3-1-2-4-13(11)25-8-14(22)20-12-6-5-9(21(23)24)7-10(12)15(17,18)19/h1-7H,8H2,(H,20,22). The Morgan fingerprint density at radius 2 is 1.92 bits per heavy atom. The van der Waals surface area contributed by atoms with Crippen molar-refractivity contribution < 1.29 is 22.9 Å². The van der Waals surface area contributed by atoms with Crippen LogP contribution in [-0.2, 0) is 11.0 Å². The van der Waals surface area contributed by atoms with Crippen molar-refractivity contribution in [3.8, 4) is 0 Å². The largest absolute Gasteiger partial charge is 0.418 e. The highest BCUT2D eigenvalue weighted by Crippen LogP contribution is 2.37. The van der Waals surface area contributed by atoms with E-state index in [-0.39, 0.29) is 5.75 Å². The third-order valence-corrected chi connectivity index (χ3v) is 4.50. The number of hydrogen-bond acceptors (Lipinski definition) is 4. The topological polar surface area (TPSA) is 72.2 Å². The molecule has 0 saturated carbocycles. The number of alkyl halides is 3. The number of halogens is 4. The van der Waals surface area contributed by atoms with E-state index in [4.69, 9.17) is 11.6 Å². The van der Waals surface area contributed by atoms with Crippen LogP contribution in [-0.4, -0.2) is 16.6 Å². The van der Waals surface area contributed by atoms with Gasteiger partial charge in [0, 0.05) is 17.0 Å². The van der Waals surface area contributed by atoms with E-state index in [9.17, 15) is 28.1 Å². The van der Waals surface area contributed by atoms with E-state index in [0.29, 0.717) is 16.0 Å². The van der Waals surface area contributed by atoms with E-state index >= 15 is 0 Å². The molecule has 1 amide bonds. The van der Waals surface area contributed by atoms with Gasteiger partial charge in [-0.15, -0.1) is 11.8 Å². The normalized spacial score (nSPS) is 11.2. The average molecular weight is 391 g/mol. The molecule has 0 saturated heterocycles. The summed E-state index contributed by atoms with van der Waals surface area (Å²) in [5, 5.41) is 13.2. The number of nitro benzene ring substituents is 1. The van der Waals surface area contributed by atoms with Gasteiger partial charge in [-0.1, -0.05) is 23.7 Å². The van der Waals surface area contributed by atoms with Crippen LogP contribution < -0.4 is 5.32 Å². The molecule has 0 radical (unpaired) electrons. The first-order valence-electron chi connectivity index (χ1n) is 6.71. The van der Waals surface area contributed by atoms with Gasteiger partial charge in [-0.05, 0) is 18.2 Å². The van der Waals surface area contributed by atoms with Crippen LogP contribution in [0.5, 0.6) is 0 Å². The predicted molar refractivity (Wildman–Crippen MR) is 88.9 cm³/mol. The summed E-state index contributed by atoms with van der Waals surface area (Å²) >= 11 is 7.00. The Morgan fingerprint density at radius 1 is 1.24 bits per heavy atom. The van der Waals surface area contributed by atoms with E-state index in [1.807, 2.05) is 0 Å². The number of carbonyl (C=O) groups is 1. The maximum Gasteiger partial charge on any atom is 0.418 e. The molecular formula is C15H10ClF3N2O3S. The van der Waals surface area contributed by atoms with E-state index in [2.05, 4.69) is 5.32 Å². The number of rotatable bonds is 5. The lowest BCUT2D eigenvalue weighted by Gasteiger charge is -2.13. The van der Waals surface area contributed by atoms with E-state index in [0.717, 1.165) is 23.9 Å². The van der Waals surface area contributed by atoms with Gasteiger partial charge in [-0.25, -0.2) is 0 Å². The van der Waals surface area contributed by atoms with Crippen LogP contribution in [0.2, 0.25) is 5.02 Å². The zero-order valence-electron chi connectivity index (χ0n) is 12.3. The number of anilines is 1. The first-order chi connectivity index (χ1) is 11.7. The van der Waals surface area contributed by atoms with Crippen molar-refractivity contribution in [1.29, 1.82) is 0 Å². The average Bonchev–Trinajstić information content (AvgIpc) is 2.53. The molecule has 0 aliphatic heterocycles.